The van der Waals surface area contributed by atoms with Gasteiger partial charge in [0.15, 0.2) is 0 Å². The van der Waals surface area contributed by atoms with E-state index in [2.05, 4.69) is 17.3 Å². The Kier molecular flexibility index (Phi) is 6.04. The first-order valence-corrected chi connectivity index (χ1v) is 9.24. The zero-order valence-corrected chi connectivity index (χ0v) is 15.3. The highest BCUT2D eigenvalue weighted by molar-refractivity contribution is 5.93. The maximum Gasteiger partial charge on any atom is 0.254 e. The van der Waals surface area contributed by atoms with Crippen LogP contribution in [0.5, 0.6) is 0 Å². The Balaban J connectivity index is 1.59. The summed E-state index contributed by atoms with van der Waals surface area (Å²) in [6.07, 6.45) is 5.58. The van der Waals surface area contributed by atoms with E-state index in [9.17, 15) is 9.18 Å². The molecule has 1 aliphatic rings. The molecule has 2 aromatic rings. The van der Waals surface area contributed by atoms with Crippen LogP contribution in [-0.4, -0.2) is 27.9 Å². The van der Waals surface area contributed by atoms with Gasteiger partial charge in [0.05, 0.1) is 18.8 Å². The van der Waals surface area contributed by atoms with Crippen molar-refractivity contribution in [1.82, 2.24) is 9.78 Å². The van der Waals surface area contributed by atoms with Gasteiger partial charge in [-0.1, -0.05) is 38.0 Å². The molecule has 0 radical (unpaired) electrons. The molecule has 3 atom stereocenters. The first-order valence-electron chi connectivity index (χ1n) is 9.24. The fourth-order valence-corrected chi connectivity index (χ4v) is 3.43. The molecule has 5 nitrogen and oxygen atoms in total. The average Bonchev–Trinajstić information content (AvgIpc) is 3.03. The van der Waals surface area contributed by atoms with Gasteiger partial charge in [-0.2, -0.15) is 5.10 Å². The highest BCUT2D eigenvalue weighted by atomic mass is 19.1. The first kappa shape index (κ1) is 18.6. The van der Waals surface area contributed by atoms with Crippen molar-refractivity contribution >= 4 is 11.7 Å². The van der Waals surface area contributed by atoms with Crippen molar-refractivity contribution in [3.8, 4) is 0 Å². The number of ether oxygens (including phenoxy) is 1. The number of nitrogens with zero attached hydrogens (tertiary/aromatic N) is 2. The maximum atomic E-state index is 13.8. The Morgan fingerprint density at radius 2 is 2.19 bits per heavy atom. The maximum absolute atomic E-state index is 13.8. The minimum Gasteiger partial charge on any atom is -0.365 e. The molecule has 0 unspecified atom stereocenters. The Labute approximate surface area is 153 Å². The number of aromatic nitrogens is 2. The van der Waals surface area contributed by atoms with Crippen LogP contribution >= 0.6 is 0 Å². The minimum atomic E-state index is -0.540. The Bertz CT molecular complexity index is 746. The molecular formula is C20H26FN3O2. The summed E-state index contributed by atoms with van der Waals surface area (Å²) in [5, 5.41) is 7.03. The molecule has 0 saturated heterocycles. The molecule has 3 rings (SSSR count). The largest absolute Gasteiger partial charge is 0.365 e. The lowest BCUT2D eigenvalue weighted by atomic mass is 9.88. The molecule has 1 aromatic heterocycles. The first-order chi connectivity index (χ1) is 12.5. The second-order valence-electron chi connectivity index (χ2n) is 7.13. The van der Waals surface area contributed by atoms with E-state index in [1.807, 2.05) is 0 Å². The van der Waals surface area contributed by atoms with Crippen LogP contribution in [0.2, 0.25) is 0 Å². The molecule has 1 N–H and O–H groups in total. The van der Waals surface area contributed by atoms with E-state index in [-0.39, 0.29) is 24.4 Å². The van der Waals surface area contributed by atoms with Gasteiger partial charge >= 0.3 is 0 Å². The number of nitrogens with one attached hydrogen (secondary N) is 1. The smallest absolute Gasteiger partial charge is 0.254 e. The van der Waals surface area contributed by atoms with Gasteiger partial charge in [-0.3, -0.25) is 4.79 Å². The van der Waals surface area contributed by atoms with Gasteiger partial charge in [0, 0.05) is 11.6 Å². The van der Waals surface area contributed by atoms with E-state index < -0.39 is 6.10 Å². The summed E-state index contributed by atoms with van der Waals surface area (Å²) < 4.78 is 21.4. The summed E-state index contributed by atoms with van der Waals surface area (Å²) >= 11 is 0. The summed E-state index contributed by atoms with van der Waals surface area (Å²) in [5.74, 6) is 0.679. The van der Waals surface area contributed by atoms with E-state index >= 15 is 0 Å². The predicted molar refractivity (Wildman–Crippen MR) is 98.3 cm³/mol. The van der Waals surface area contributed by atoms with E-state index in [1.54, 1.807) is 42.1 Å². The van der Waals surface area contributed by atoms with Gasteiger partial charge in [-0.25, -0.2) is 9.07 Å². The van der Waals surface area contributed by atoms with E-state index in [0.717, 1.165) is 19.3 Å². The summed E-state index contributed by atoms with van der Waals surface area (Å²) in [7, 11) is 0. The number of anilines is 1. The average molecular weight is 359 g/mol. The Morgan fingerprint density at radius 1 is 1.38 bits per heavy atom. The van der Waals surface area contributed by atoms with Gasteiger partial charge in [-0.05, 0) is 31.7 Å². The van der Waals surface area contributed by atoms with E-state index in [0.29, 0.717) is 17.3 Å². The molecule has 1 aliphatic carbocycles. The number of hydrogen-bond donors (Lipinski definition) is 1. The van der Waals surface area contributed by atoms with E-state index in [4.69, 9.17) is 4.74 Å². The highest BCUT2D eigenvalue weighted by Crippen LogP contribution is 2.26. The molecule has 140 valence electrons. The van der Waals surface area contributed by atoms with Gasteiger partial charge in [-0.15, -0.1) is 0 Å². The van der Waals surface area contributed by atoms with Gasteiger partial charge < -0.3 is 10.1 Å². The Morgan fingerprint density at radius 3 is 2.96 bits per heavy atom. The van der Waals surface area contributed by atoms with Gasteiger partial charge in [0.25, 0.3) is 5.91 Å². The molecule has 26 heavy (non-hydrogen) atoms. The van der Waals surface area contributed by atoms with E-state index in [1.165, 1.54) is 12.5 Å². The zero-order valence-electron chi connectivity index (χ0n) is 15.3. The van der Waals surface area contributed by atoms with Crippen molar-refractivity contribution in [2.24, 2.45) is 5.92 Å². The second-order valence-corrected chi connectivity index (χ2v) is 7.13. The minimum absolute atomic E-state index is 0.142. The summed E-state index contributed by atoms with van der Waals surface area (Å²) in [4.78, 5) is 12.5. The monoisotopic (exact) mass is 359 g/mol. The molecule has 1 fully saturated rings. The number of carbonyl (C=O) groups is 1. The standard InChI is InChI=1S/C20H26FN3O2/c1-14-6-5-8-17(12-14)26-15(2)20(25)23-19-10-11-22-24(19)13-16-7-3-4-9-18(16)21/h3-4,7,9-11,14-15,17H,5-6,8,12-13H2,1-2H3,(H,23,25)/t14-,15-,17+/m1/s1. The third kappa shape index (κ3) is 4.69. The normalized spacial score (nSPS) is 21.3. The molecule has 1 saturated carbocycles. The molecule has 1 amide bonds. The molecule has 6 heteroatoms. The third-order valence-electron chi connectivity index (χ3n) is 4.90. The number of rotatable bonds is 6. The lowest BCUT2D eigenvalue weighted by Gasteiger charge is -2.29. The number of hydrogen-bond acceptors (Lipinski definition) is 3. The molecular weight excluding hydrogens is 333 g/mol. The van der Waals surface area contributed by atoms with Crippen LogP contribution in [0.15, 0.2) is 36.5 Å². The SMILES string of the molecule is C[C@@H]1CCC[C@H](O[C@H](C)C(=O)Nc2ccnn2Cc2ccccc2F)C1. The van der Waals surface area contributed by atoms with Crippen LogP contribution in [0.4, 0.5) is 10.2 Å². The summed E-state index contributed by atoms with van der Waals surface area (Å²) in [5.41, 5.74) is 0.521. The highest BCUT2D eigenvalue weighted by Gasteiger charge is 2.24. The number of halogens is 1. The van der Waals surface area contributed by atoms with Crippen LogP contribution < -0.4 is 5.32 Å². The Hall–Kier alpha value is -2.21. The number of benzene rings is 1. The van der Waals surface area contributed by atoms with Crippen molar-refractivity contribution in [2.45, 2.75) is 58.3 Å². The van der Waals surface area contributed by atoms with Crippen LogP contribution in [0, 0.1) is 11.7 Å². The summed E-state index contributed by atoms with van der Waals surface area (Å²) in [6, 6.07) is 8.25. The van der Waals surface area contributed by atoms with Gasteiger partial charge in [0.2, 0.25) is 0 Å². The van der Waals surface area contributed by atoms with Crippen molar-refractivity contribution in [3.63, 3.8) is 0 Å². The molecule has 1 heterocycles. The molecule has 0 spiro atoms. The summed E-state index contributed by atoms with van der Waals surface area (Å²) in [6.45, 7) is 4.25. The molecule has 0 bridgehead atoms. The molecule has 0 aliphatic heterocycles. The number of carbonyl (C=O) groups excluding carboxylic acids is 1. The zero-order chi connectivity index (χ0) is 18.5. The van der Waals surface area contributed by atoms with Crippen molar-refractivity contribution in [2.75, 3.05) is 5.32 Å². The van der Waals surface area contributed by atoms with Crippen LogP contribution in [-0.2, 0) is 16.1 Å². The third-order valence-corrected chi connectivity index (χ3v) is 4.90. The van der Waals surface area contributed by atoms with Crippen molar-refractivity contribution in [1.29, 1.82) is 0 Å². The van der Waals surface area contributed by atoms with Crippen molar-refractivity contribution in [3.05, 3.63) is 47.9 Å². The fraction of sp³-hybridized carbons (Fsp3) is 0.500. The predicted octanol–water partition coefficient (Wildman–Crippen LogP) is 3.99. The second kappa shape index (κ2) is 8.45. The van der Waals surface area contributed by atoms with Crippen LogP contribution in [0.25, 0.3) is 0 Å². The lowest BCUT2D eigenvalue weighted by molar-refractivity contribution is -0.131. The number of amides is 1. The topological polar surface area (TPSA) is 56.1 Å². The molecule has 1 aromatic carbocycles. The quantitative estimate of drug-likeness (QED) is 0.848. The van der Waals surface area contributed by atoms with Crippen LogP contribution in [0.3, 0.4) is 0 Å². The van der Waals surface area contributed by atoms with Crippen LogP contribution in [0.1, 0.15) is 45.1 Å². The lowest BCUT2D eigenvalue weighted by Crippen LogP contribution is -2.34. The van der Waals surface area contributed by atoms with Crippen molar-refractivity contribution < 1.29 is 13.9 Å². The fourth-order valence-electron chi connectivity index (χ4n) is 3.43. The van der Waals surface area contributed by atoms with Gasteiger partial charge in [0.1, 0.15) is 17.7 Å².